The molecule has 4 heteroatoms. The summed E-state index contributed by atoms with van der Waals surface area (Å²) in [7, 11) is 0. The molecule has 3 rings (SSSR count). The molecule has 3 nitrogen and oxygen atoms in total. The summed E-state index contributed by atoms with van der Waals surface area (Å²) in [5.74, 6) is -1.74. The molecule has 1 aromatic rings. The van der Waals surface area contributed by atoms with Gasteiger partial charge in [0.05, 0.1) is 5.57 Å². The molecule has 2 atom stereocenters. The zero-order valence-corrected chi connectivity index (χ0v) is 13.8. The second kappa shape index (κ2) is 5.62. The number of aliphatic carboxylic acids is 1. The highest BCUT2D eigenvalue weighted by atomic mass is 19.1. The van der Waals surface area contributed by atoms with E-state index >= 15 is 4.39 Å². The van der Waals surface area contributed by atoms with Gasteiger partial charge < -0.3 is 10.2 Å². The Labute approximate surface area is 140 Å². The first-order valence-corrected chi connectivity index (χ1v) is 8.07. The summed E-state index contributed by atoms with van der Waals surface area (Å²) in [5.41, 5.74) is -1.06. The molecule has 0 saturated heterocycles. The third-order valence-electron chi connectivity index (χ3n) is 5.02. The van der Waals surface area contributed by atoms with Crippen LogP contribution in [0.1, 0.15) is 38.2 Å². The number of allylic oxidation sites excluding steroid dienone is 4. The van der Waals surface area contributed by atoms with E-state index in [-0.39, 0.29) is 16.7 Å². The highest BCUT2D eigenvalue weighted by molar-refractivity contribution is 5.91. The highest BCUT2D eigenvalue weighted by Gasteiger charge is 2.49. The number of rotatable bonds is 3. The number of carboxylic acid groups (broad SMARTS) is 1. The Morgan fingerprint density at radius 3 is 2.67 bits per heavy atom. The van der Waals surface area contributed by atoms with Gasteiger partial charge in [0.25, 0.3) is 0 Å². The first kappa shape index (κ1) is 16.5. The molecule has 2 aliphatic rings. The fraction of sp³-hybridized carbons (Fsp3) is 0.350. The van der Waals surface area contributed by atoms with Crippen molar-refractivity contribution in [1.82, 2.24) is 0 Å². The number of hydrogen-bond donors (Lipinski definition) is 2. The predicted molar refractivity (Wildman–Crippen MR) is 90.6 cm³/mol. The van der Waals surface area contributed by atoms with Gasteiger partial charge in [-0.2, -0.15) is 0 Å². The van der Waals surface area contributed by atoms with Crippen molar-refractivity contribution in [3.63, 3.8) is 0 Å². The van der Waals surface area contributed by atoms with Gasteiger partial charge in [-0.05, 0) is 47.6 Å². The third kappa shape index (κ3) is 2.66. The number of phenols is 1. The van der Waals surface area contributed by atoms with Gasteiger partial charge >= 0.3 is 5.97 Å². The Bertz CT molecular complexity index is 773. The lowest BCUT2D eigenvalue weighted by Crippen LogP contribution is -2.38. The topological polar surface area (TPSA) is 57.5 Å². The quantitative estimate of drug-likeness (QED) is 0.803. The van der Waals surface area contributed by atoms with Crippen molar-refractivity contribution < 1.29 is 19.4 Å². The molecule has 24 heavy (non-hydrogen) atoms. The predicted octanol–water partition coefficient (Wildman–Crippen LogP) is 4.51. The molecule has 0 heterocycles. The van der Waals surface area contributed by atoms with Crippen molar-refractivity contribution in [2.45, 2.75) is 38.3 Å². The van der Waals surface area contributed by atoms with Crippen LogP contribution >= 0.6 is 0 Å². The normalized spacial score (nSPS) is 28.4. The van der Waals surface area contributed by atoms with Gasteiger partial charge in [-0.25, -0.2) is 9.18 Å². The molecule has 0 aliphatic heterocycles. The maximum atomic E-state index is 16.3. The minimum absolute atomic E-state index is 0.0440. The lowest BCUT2D eigenvalue weighted by Gasteiger charge is -2.39. The molecule has 2 unspecified atom stereocenters. The Morgan fingerprint density at radius 2 is 2.08 bits per heavy atom. The minimum atomic E-state index is -1.92. The summed E-state index contributed by atoms with van der Waals surface area (Å²) in [6.07, 6.45) is 7.76. The van der Waals surface area contributed by atoms with E-state index in [4.69, 9.17) is 0 Å². The number of carboxylic acids is 1. The van der Waals surface area contributed by atoms with Gasteiger partial charge in [-0.1, -0.05) is 44.2 Å². The van der Waals surface area contributed by atoms with E-state index in [1.807, 2.05) is 19.9 Å². The number of halogens is 1. The van der Waals surface area contributed by atoms with Crippen molar-refractivity contribution in [2.24, 2.45) is 5.41 Å². The monoisotopic (exact) mass is 328 g/mol. The van der Waals surface area contributed by atoms with Crippen LogP contribution in [0.15, 0.2) is 59.7 Å². The van der Waals surface area contributed by atoms with Crippen LogP contribution in [0, 0.1) is 5.41 Å². The average molecular weight is 328 g/mol. The van der Waals surface area contributed by atoms with Crippen LogP contribution < -0.4 is 0 Å². The first-order valence-electron chi connectivity index (χ1n) is 8.07. The zero-order valence-electron chi connectivity index (χ0n) is 13.8. The van der Waals surface area contributed by atoms with E-state index in [2.05, 4.69) is 0 Å². The van der Waals surface area contributed by atoms with E-state index in [1.165, 1.54) is 24.3 Å². The van der Waals surface area contributed by atoms with Crippen LogP contribution in [0.3, 0.4) is 0 Å². The van der Waals surface area contributed by atoms with E-state index in [9.17, 15) is 15.0 Å². The fourth-order valence-corrected chi connectivity index (χ4v) is 3.82. The number of hydrogen-bond acceptors (Lipinski definition) is 2. The Balaban J connectivity index is 2.15. The fourth-order valence-electron chi connectivity index (χ4n) is 3.82. The molecular weight excluding hydrogens is 307 g/mol. The molecule has 2 aliphatic carbocycles. The van der Waals surface area contributed by atoms with Gasteiger partial charge in [-0.3, -0.25) is 0 Å². The lowest BCUT2D eigenvalue weighted by atomic mass is 9.68. The van der Waals surface area contributed by atoms with E-state index in [0.29, 0.717) is 11.1 Å². The molecule has 2 N–H and O–H groups in total. The van der Waals surface area contributed by atoms with Crippen LogP contribution in [0.2, 0.25) is 0 Å². The maximum absolute atomic E-state index is 16.3. The molecule has 0 bridgehead atoms. The summed E-state index contributed by atoms with van der Waals surface area (Å²) in [5, 5.41) is 19.1. The molecule has 0 spiro atoms. The number of benzene rings is 1. The molecule has 1 aromatic carbocycles. The van der Waals surface area contributed by atoms with Crippen molar-refractivity contribution >= 4 is 5.97 Å². The highest BCUT2D eigenvalue weighted by Crippen LogP contribution is 2.53. The maximum Gasteiger partial charge on any atom is 0.335 e. The van der Waals surface area contributed by atoms with Crippen LogP contribution in [0.5, 0.6) is 5.75 Å². The summed E-state index contributed by atoms with van der Waals surface area (Å²) >= 11 is 0. The Morgan fingerprint density at radius 1 is 1.33 bits per heavy atom. The standard InChI is InChI=1S/C20H21FO3/c1-19(2)10-4-7-17(19)20(21)12-14(18(23)24)8-9-16(20)13-5-3-6-15(22)11-13/h3,5-9,11-12,16,22H,4,10H2,1-2H3,(H,23,24). The second-order valence-electron chi connectivity index (χ2n) is 7.15. The van der Waals surface area contributed by atoms with Crippen molar-refractivity contribution in [1.29, 1.82) is 0 Å². The van der Waals surface area contributed by atoms with Crippen molar-refractivity contribution in [2.75, 3.05) is 0 Å². The number of aromatic hydroxyl groups is 1. The van der Waals surface area contributed by atoms with E-state index in [1.54, 1.807) is 18.2 Å². The largest absolute Gasteiger partial charge is 0.508 e. The molecule has 0 aromatic heterocycles. The second-order valence-corrected chi connectivity index (χ2v) is 7.15. The number of phenolic OH excluding ortho intramolecular Hbond substituents is 1. The van der Waals surface area contributed by atoms with Crippen molar-refractivity contribution in [3.8, 4) is 5.75 Å². The summed E-state index contributed by atoms with van der Waals surface area (Å²) in [6.45, 7) is 3.97. The van der Waals surface area contributed by atoms with Crippen molar-refractivity contribution in [3.05, 3.63) is 65.3 Å². The molecule has 0 amide bonds. The molecule has 0 fully saturated rings. The van der Waals surface area contributed by atoms with Gasteiger partial charge in [0, 0.05) is 5.92 Å². The van der Waals surface area contributed by atoms with Crippen LogP contribution in [0.25, 0.3) is 0 Å². The summed E-state index contributed by atoms with van der Waals surface area (Å²) < 4.78 is 16.3. The molecule has 126 valence electrons. The SMILES string of the molecule is CC1(C)CCC=C1C1(F)C=C(C(=O)O)C=CC1c1cccc(O)c1. The van der Waals surface area contributed by atoms with Crippen LogP contribution in [0.4, 0.5) is 4.39 Å². The van der Waals surface area contributed by atoms with Crippen LogP contribution in [-0.2, 0) is 4.79 Å². The summed E-state index contributed by atoms with van der Waals surface area (Å²) in [4.78, 5) is 11.4. The average Bonchev–Trinajstić information content (AvgIpc) is 2.87. The van der Waals surface area contributed by atoms with Crippen LogP contribution in [-0.4, -0.2) is 21.9 Å². The lowest BCUT2D eigenvalue weighted by molar-refractivity contribution is -0.132. The first-order chi connectivity index (χ1) is 11.2. The van der Waals surface area contributed by atoms with Gasteiger partial charge in [0.2, 0.25) is 0 Å². The smallest absolute Gasteiger partial charge is 0.335 e. The van der Waals surface area contributed by atoms with Gasteiger partial charge in [-0.15, -0.1) is 0 Å². The van der Waals surface area contributed by atoms with E-state index in [0.717, 1.165) is 12.8 Å². The number of carbonyl (C=O) groups is 1. The Kier molecular flexibility index (Phi) is 3.86. The Hall–Kier alpha value is -2.36. The zero-order chi connectivity index (χ0) is 17.5. The van der Waals surface area contributed by atoms with Gasteiger partial charge in [0.15, 0.2) is 5.67 Å². The molecule has 0 radical (unpaired) electrons. The molecule has 0 saturated carbocycles. The van der Waals surface area contributed by atoms with Gasteiger partial charge in [0.1, 0.15) is 5.75 Å². The minimum Gasteiger partial charge on any atom is -0.508 e. The van der Waals surface area contributed by atoms with E-state index < -0.39 is 17.6 Å². The molecular formula is C20H21FO3. The number of alkyl halides is 1. The third-order valence-corrected chi connectivity index (χ3v) is 5.02. The summed E-state index contributed by atoms with van der Waals surface area (Å²) in [6, 6.07) is 6.49.